The molecule has 0 saturated carbocycles. The summed E-state index contributed by atoms with van der Waals surface area (Å²) in [5.74, 6) is 0. The predicted molar refractivity (Wildman–Crippen MR) is 69.8 cm³/mol. The molecule has 0 amide bonds. The highest BCUT2D eigenvalue weighted by Gasteiger charge is 2.26. The molecule has 0 spiro atoms. The van der Waals surface area contributed by atoms with Crippen LogP contribution in [0, 0.1) is 0 Å². The predicted octanol–water partition coefficient (Wildman–Crippen LogP) is 3.06. The standard InChI is InChI=1S/C12H21N3S/c1-8(2)7-9(13-6)10-11(12(3,4)5)14-15-16-10/h9,13H,1,7H2,2-6H3. The van der Waals surface area contributed by atoms with Gasteiger partial charge in [-0.05, 0) is 31.9 Å². The molecule has 0 bridgehead atoms. The van der Waals surface area contributed by atoms with Gasteiger partial charge in [-0.2, -0.15) is 0 Å². The summed E-state index contributed by atoms with van der Waals surface area (Å²) in [6.45, 7) is 12.5. The molecule has 16 heavy (non-hydrogen) atoms. The third-order valence-corrected chi connectivity index (χ3v) is 3.28. The molecule has 0 aliphatic heterocycles. The molecule has 0 saturated heterocycles. The summed E-state index contributed by atoms with van der Waals surface area (Å²) in [7, 11) is 1.97. The number of rotatable bonds is 4. The fraction of sp³-hybridized carbons (Fsp3) is 0.667. The van der Waals surface area contributed by atoms with E-state index >= 15 is 0 Å². The minimum absolute atomic E-state index is 0.0481. The van der Waals surface area contributed by atoms with Crippen molar-refractivity contribution < 1.29 is 0 Å². The second-order valence-corrected chi connectivity index (χ2v) is 6.02. The lowest BCUT2D eigenvalue weighted by molar-refractivity contribution is 0.530. The molecular formula is C12H21N3S. The smallest absolute Gasteiger partial charge is 0.0857 e. The Labute approximate surface area is 102 Å². The maximum atomic E-state index is 4.26. The van der Waals surface area contributed by atoms with Gasteiger partial charge in [-0.15, -0.1) is 11.7 Å². The highest BCUT2D eigenvalue weighted by atomic mass is 32.1. The first kappa shape index (κ1) is 13.3. The Kier molecular flexibility index (Phi) is 4.21. The fourth-order valence-electron chi connectivity index (χ4n) is 1.62. The Morgan fingerprint density at radius 3 is 2.56 bits per heavy atom. The molecule has 3 nitrogen and oxygen atoms in total. The Morgan fingerprint density at radius 1 is 1.50 bits per heavy atom. The molecule has 0 aliphatic carbocycles. The average Bonchev–Trinajstić information content (AvgIpc) is 2.61. The van der Waals surface area contributed by atoms with Crippen molar-refractivity contribution in [3.63, 3.8) is 0 Å². The van der Waals surface area contributed by atoms with Crippen molar-refractivity contribution >= 4 is 11.5 Å². The van der Waals surface area contributed by atoms with E-state index in [-0.39, 0.29) is 11.5 Å². The summed E-state index contributed by atoms with van der Waals surface area (Å²) in [6, 6.07) is 0.284. The topological polar surface area (TPSA) is 37.8 Å². The Morgan fingerprint density at radius 2 is 2.12 bits per heavy atom. The number of hydrogen-bond acceptors (Lipinski definition) is 4. The van der Waals surface area contributed by atoms with Gasteiger partial charge in [-0.1, -0.05) is 30.8 Å². The lowest BCUT2D eigenvalue weighted by Gasteiger charge is -2.21. The van der Waals surface area contributed by atoms with Gasteiger partial charge in [0.25, 0.3) is 0 Å². The van der Waals surface area contributed by atoms with Gasteiger partial charge >= 0.3 is 0 Å². The maximum Gasteiger partial charge on any atom is 0.0857 e. The van der Waals surface area contributed by atoms with Crippen LogP contribution in [0.4, 0.5) is 0 Å². The van der Waals surface area contributed by atoms with E-state index in [1.165, 1.54) is 22.0 Å². The first-order valence-corrected chi connectivity index (χ1v) is 6.28. The summed E-state index contributed by atoms with van der Waals surface area (Å²) < 4.78 is 4.09. The third kappa shape index (κ3) is 3.12. The van der Waals surface area contributed by atoms with Gasteiger partial charge in [0.2, 0.25) is 0 Å². The van der Waals surface area contributed by atoms with Crippen molar-refractivity contribution in [2.24, 2.45) is 0 Å². The second kappa shape index (κ2) is 5.06. The van der Waals surface area contributed by atoms with Crippen molar-refractivity contribution in [1.82, 2.24) is 14.9 Å². The van der Waals surface area contributed by atoms with E-state index in [2.05, 4.69) is 49.2 Å². The molecule has 4 heteroatoms. The van der Waals surface area contributed by atoms with Gasteiger partial charge in [0, 0.05) is 11.5 Å². The summed E-state index contributed by atoms with van der Waals surface area (Å²) in [4.78, 5) is 1.23. The van der Waals surface area contributed by atoms with E-state index in [1.807, 2.05) is 7.05 Å². The highest BCUT2D eigenvalue weighted by molar-refractivity contribution is 7.05. The van der Waals surface area contributed by atoms with Crippen LogP contribution in [-0.2, 0) is 5.41 Å². The van der Waals surface area contributed by atoms with Crippen LogP contribution in [0.1, 0.15) is 50.7 Å². The van der Waals surface area contributed by atoms with E-state index < -0.39 is 0 Å². The quantitative estimate of drug-likeness (QED) is 0.821. The molecule has 0 aromatic carbocycles. The van der Waals surface area contributed by atoms with Gasteiger partial charge in [0.05, 0.1) is 10.6 Å². The van der Waals surface area contributed by atoms with Crippen LogP contribution in [0.25, 0.3) is 0 Å². The molecule has 0 fully saturated rings. The van der Waals surface area contributed by atoms with Crippen LogP contribution in [0.2, 0.25) is 0 Å². The van der Waals surface area contributed by atoms with Crippen LogP contribution in [-0.4, -0.2) is 16.6 Å². The molecule has 0 radical (unpaired) electrons. The van der Waals surface area contributed by atoms with Crippen LogP contribution < -0.4 is 5.32 Å². The normalized spacial score (nSPS) is 13.8. The molecule has 1 aromatic rings. The average molecular weight is 239 g/mol. The third-order valence-electron chi connectivity index (χ3n) is 2.44. The van der Waals surface area contributed by atoms with Crippen molar-refractivity contribution in [3.05, 3.63) is 22.7 Å². The minimum Gasteiger partial charge on any atom is -0.312 e. The number of hydrogen-bond donors (Lipinski definition) is 1. The molecule has 1 rings (SSSR count). The summed E-state index contributed by atoms with van der Waals surface area (Å²) in [5.41, 5.74) is 2.32. The van der Waals surface area contributed by atoms with Gasteiger partial charge < -0.3 is 5.32 Å². The zero-order chi connectivity index (χ0) is 12.3. The van der Waals surface area contributed by atoms with E-state index in [0.717, 1.165) is 12.1 Å². The number of nitrogens with one attached hydrogen (secondary N) is 1. The van der Waals surface area contributed by atoms with E-state index in [4.69, 9.17) is 0 Å². The first-order chi connectivity index (χ1) is 7.36. The van der Waals surface area contributed by atoms with Crippen LogP contribution in [0.5, 0.6) is 0 Å². The molecule has 1 atom stereocenters. The largest absolute Gasteiger partial charge is 0.312 e. The van der Waals surface area contributed by atoms with Crippen LogP contribution >= 0.6 is 11.5 Å². The van der Waals surface area contributed by atoms with Gasteiger partial charge in [-0.3, -0.25) is 0 Å². The molecule has 90 valence electrons. The summed E-state index contributed by atoms with van der Waals surface area (Å²) >= 11 is 1.49. The van der Waals surface area contributed by atoms with Crippen molar-refractivity contribution in [1.29, 1.82) is 0 Å². The number of nitrogens with zero attached hydrogens (tertiary/aromatic N) is 2. The van der Waals surface area contributed by atoms with Gasteiger partial charge in [0.1, 0.15) is 0 Å². The van der Waals surface area contributed by atoms with Crippen molar-refractivity contribution in [3.8, 4) is 0 Å². The zero-order valence-corrected chi connectivity index (χ0v) is 11.6. The lowest BCUT2D eigenvalue weighted by Crippen LogP contribution is -2.21. The first-order valence-electron chi connectivity index (χ1n) is 5.50. The zero-order valence-electron chi connectivity index (χ0n) is 10.8. The van der Waals surface area contributed by atoms with Crippen molar-refractivity contribution in [2.75, 3.05) is 7.05 Å². The van der Waals surface area contributed by atoms with E-state index in [9.17, 15) is 0 Å². The maximum absolute atomic E-state index is 4.26. The molecule has 1 unspecified atom stereocenters. The minimum atomic E-state index is 0.0481. The van der Waals surface area contributed by atoms with Gasteiger partial charge in [0.15, 0.2) is 0 Å². The Hall–Kier alpha value is -0.740. The molecule has 1 heterocycles. The van der Waals surface area contributed by atoms with Gasteiger partial charge in [-0.25, -0.2) is 0 Å². The Balaban J connectivity index is 3.02. The highest BCUT2D eigenvalue weighted by Crippen LogP contribution is 2.32. The van der Waals surface area contributed by atoms with Crippen LogP contribution in [0.15, 0.2) is 12.2 Å². The van der Waals surface area contributed by atoms with E-state index in [1.54, 1.807) is 0 Å². The molecule has 1 aromatic heterocycles. The summed E-state index contributed by atoms with van der Waals surface area (Å²) in [6.07, 6.45) is 0.934. The van der Waals surface area contributed by atoms with Crippen molar-refractivity contribution in [2.45, 2.75) is 45.6 Å². The Bertz CT molecular complexity index is 363. The second-order valence-electron chi connectivity index (χ2n) is 5.24. The molecular weight excluding hydrogens is 218 g/mol. The monoisotopic (exact) mass is 239 g/mol. The fourth-order valence-corrected chi connectivity index (χ4v) is 2.59. The lowest BCUT2D eigenvalue weighted by atomic mass is 9.89. The molecule has 0 aliphatic rings. The molecule has 1 N–H and O–H groups in total. The SMILES string of the molecule is C=C(C)CC(NC)c1snnc1C(C)(C)C. The van der Waals surface area contributed by atoms with Crippen LogP contribution in [0.3, 0.4) is 0 Å². The number of aromatic nitrogens is 2. The summed E-state index contributed by atoms with van der Waals surface area (Å²) in [5, 5.41) is 7.58. The van der Waals surface area contributed by atoms with E-state index in [0.29, 0.717) is 0 Å².